The number of carbonyl (C=O) groups is 1. The average molecular weight is 431 g/mol. The first-order valence-corrected chi connectivity index (χ1v) is 11.6. The first-order valence-electron chi connectivity index (χ1n) is 11.6. The maximum Gasteiger partial charge on any atom is 0.265 e. The van der Waals surface area contributed by atoms with E-state index in [1.165, 1.54) is 11.1 Å². The van der Waals surface area contributed by atoms with Crippen LogP contribution in [0.1, 0.15) is 59.6 Å². The van der Waals surface area contributed by atoms with E-state index in [1.54, 1.807) is 0 Å². The Kier molecular flexibility index (Phi) is 5.45. The van der Waals surface area contributed by atoms with Gasteiger partial charge in [-0.1, -0.05) is 37.3 Å². The van der Waals surface area contributed by atoms with Gasteiger partial charge in [-0.15, -0.1) is 10.2 Å². The smallest absolute Gasteiger partial charge is 0.265 e. The van der Waals surface area contributed by atoms with E-state index < -0.39 is 0 Å². The van der Waals surface area contributed by atoms with Gasteiger partial charge in [-0.05, 0) is 67.9 Å². The number of nitrogens with zero attached hydrogens (tertiary/aromatic N) is 4. The summed E-state index contributed by atoms with van der Waals surface area (Å²) in [6.07, 6.45) is 4.14. The number of benzene rings is 2. The third-order valence-electron chi connectivity index (χ3n) is 6.65. The van der Waals surface area contributed by atoms with Crippen LogP contribution in [-0.4, -0.2) is 27.3 Å². The molecule has 0 saturated carbocycles. The number of carbonyl (C=O) groups excluding carboxylic acids is 1. The summed E-state index contributed by atoms with van der Waals surface area (Å²) in [7, 11) is 0. The molecule has 1 aliphatic carbocycles. The molecular weight excluding hydrogens is 400 g/mol. The average Bonchev–Trinajstić information content (AvgIpc) is 3.18. The van der Waals surface area contributed by atoms with E-state index in [1.807, 2.05) is 24.8 Å². The molecule has 2 aromatic carbocycles. The van der Waals surface area contributed by atoms with E-state index >= 15 is 0 Å². The molecule has 1 amide bonds. The lowest BCUT2D eigenvalue weighted by atomic mass is 9.83. The molecule has 5 rings (SSSR count). The Morgan fingerprint density at radius 3 is 2.75 bits per heavy atom. The van der Waals surface area contributed by atoms with Crippen molar-refractivity contribution in [3.63, 3.8) is 0 Å². The van der Waals surface area contributed by atoms with Crippen LogP contribution in [0, 0.1) is 13.8 Å². The quantitative estimate of drug-likeness (QED) is 0.598. The minimum atomic E-state index is -0.0401. The fraction of sp³-hybridized carbons (Fsp3) is 0.423. The number of aryl methyl sites for hydroxylation is 3. The van der Waals surface area contributed by atoms with E-state index in [4.69, 9.17) is 4.74 Å². The minimum absolute atomic E-state index is 0.0401. The highest BCUT2D eigenvalue weighted by Crippen LogP contribution is 2.37. The fourth-order valence-electron chi connectivity index (χ4n) is 5.13. The molecule has 166 valence electrons. The van der Waals surface area contributed by atoms with E-state index in [0.29, 0.717) is 12.5 Å². The largest absolute Gasteiger partial charge is 0.481 e. The molecule has 2 heterocycles. The second-order valence-electron chi connectivity index (χ2n) is 9.03. The molecule has 2 aliphatic rings. The van der Waals surface area contributed by atoms with Gasteiger partial charge in [0.1, 0.15) is 11.6 Å². The van der Waals surface area contributed by atoms with Crippen molar-refractivity contribution < 1.29 is 9.53 Å². The predicted octanol–water partition coefficient (Wildman–Crippen LogP) is 4.50. The Hall–Kier alpha value is -3.15. The van der Waals surface area contributed by atoms with Crippen molar-refractivity contribution in [1.29, 1.82) is 0 Å². The van der Waals surface area contributed by atoms with Gasteiger partial charge < -0.3 is 9.30 Å². The van der Waals surface area contributed by atoms with Gasteiger partial charge in [0.25, 0.3) is 5.91 Å². The van der Waals surface area contributed by atoms with Gasteiger partial charge >= 0.3 is 0 Å². The van der Waals surface area contributed by atoms with Crippen LogP contribution in [0.3, 0.4) is 0 Å². The molecule has 0 unspecified atom stereocenters. The molecule has 1 atom stereocenters. The number of hydrogen-bond acceptors (Lipinski definition) is 4. The maximum absolute atomic E-state index is 12.8. The molecule has 1 aliphatic heterocycles. The zero-order valence-electron chi connectivity index (χ0n) is 19.1. The molecule has 0 fully saturated rings. The van der Waals surface area contributed by atoms with Crippen molar-refractivity contribution in [3.05, 3.63) is 70.3 Å². The van der Waals surface area contributed by atoms with Crippen LogP contribution in [0.25, 0.3) is 0 Å². The number of hydrogen-bond donors (Lipinski definition) is 0. The Labute approximate surface area is 189 Å². The Morgan fingerprint density at radius 2 is 1.94 bits per heavy atom. The van der Waals surface area contributed by atoms with Gasteiger partial charge in [-0.3, -0.25) is 9.69 Å². The van der Waals surface area contributed by atoms with Gasteiger partial charge in [0.2, 0.25) is 0 Å². The number of aromatic nitrogens is 3. The number of fused-ring (bicyclic) bond motifs is 2. The lowest BCUT2D eigenvalue weighted by Crippen LogP contribution is -2.39. The summed E-state index contributed by atoms with van der Waals surface area (Å²) in [6.45, 7) is 7.57. The number of ether oxygens (including phenoxy) is 1. The highest BCUT2D eigenvalue weighted by Gasteiger charge is 2.31. The number of amides is 1. The van der Waals surface area contributed by atoms with Gasteiger partial charge in [0.15, 0.2) is 12.4 Å². The Bertz CT molecular complexity index is 1170. The molecular formula is C26H30N4O2. The van der Waals surface area contributed by atoms with Gasteiger partial charge in [-0.25, -0.2) is 0 Å². The number of rotatable bonds is 5. The van der Waals surface area contributed by atoms with Crippen LogP contribution < -0.4 is 9.64 Å². The van der Waals surface area contributed by atoms with Gasteiger partial charge in [0.05, 0.1) is 12.2 Å². The lowest BCUT2D eigenvalue weighted by Gasteiger charge is -2.31. The SMILES string of the molecule is CCCn1c(CN2C(=O)COc3c(C)cc(C)cc32)nnc1[C@@H]1CCc2ccccc2C1. The summed E-state index contributed by atoms with van der Waals surface area (Å²) < 4.78 is 8.02. The molecule has 6 heteroatoms. The summed E-state index contributed by atoms with van der Waals surface area (Å²) >= 11 is 0. The monoisotopic (exact) mass is 430 g/mol. The van der Waals surface area contributed by atoms with Gasteiger partial charge in [0, 0.05) is 12.5 Å². The van der Waals surface area contributed by atoms with E-state index in [0.717, 1.165) is 66.4 Å². The van der Waals surface area contributed by atoms with Crippen LogP contribution in [-0.2, 0) is 30.7 Å². The van der Waals surface area contributed by atoms with Crippen molar-refractivity contribution in [1.82, 2.24) is 14.8 Å². The molecule has 0 N–H and O–H groups in total. The Balaban J connectivity index is 1.47. The maximum atomic E-state index is 12.8. The van der Waals surface area contributed by atoms with E-state index in [-0.39, 0.29) is 12.5 Å². The zero-order chi connectivity index (χ0) is 22.2. The van der Waals surface area contributed by atoms with Crippen molar-refractivity contribution in [2.24, 2.45) is 0 Å². The molecule has 32 heavy (non-hydrogen) atoms. The summed E-state index contributed by atoms with van der Waals surface area (Å²) in [5.41, 5.74) is 5.86. The van der Waals surface area contributed by atoms with Crippen molar-refractivity contribution in [2.75, 3.05) is 11.5 Å². The van der Waals surface area contributed by atoms with Crippen molar-refractivity contribution in [2.45, 2.75) is 65.5 Å². The summed E-state index contributed by atoms with van der Waals surface area (Å²) in [5.74, 6) is 3.01. The molecule has 0 saturated heterocycles. The van der Waals surface area contributed by atoms with E-state index in [2.05, 4.69) is 52.0 Å². The Morgan fingerprint density at radius 1 is 1.12 bits per heavy atom. The second kappa shape index (κ2) is 8.41. The molecule has 0 spiro atoms. The first kappa shape index (κ1) is 20.7. The van der Waals surface area contributed by atoms with Crippen LogP contribution in [0.2, 0.25) is 0 Å². The summed E-state index contributed by atoms with van der Waals surface area (Å²) in [5, 5.41) is 9.25. The molecule has 0 radical (unpaired) electrons. The van der Waals surface area contributed by atoms with Crippen molar-refractivity contribution >= 4 is 11.6 Å². The fourth-order valence-corrected chi connectivity index (χ4v) is 5.13. The molecule has 0 bridgehead atoms. The third kappa shape index (κ3) is 3.68. The zero-order valence-corrected chi connectivity index (χ0v) is 19.1. The van der Waals surface area contributed by atoms with Crippen LogP contribution in [0.5, 0.6) is 5.75 Å². The van der Waals surface area contributed by atoms with Crippen molar-refractivity contribution in [3.8, 4) is 5.75 Å². The first-order chi connectivity index (χ1) is 15.5. The van der Waals surface area contributed by atoms with Gasteiger partial charge in [-0.2, -0.15) is 0 Å². The molecule has 1 aromatic heterocycles. The van der Waals surface area contributed by atoms with Crippen LogP contribution >= 0.6 is 0 Å². The molecule has 3 aromatic rings. The van der Waals surface area contributed by atoms with E-state index in [9.17, 15) is 4.79 Å². The topological polar surface area (TPSA) is 60.2 Å². The van der Waals surface area contributed by atoms with Crippen LogP contribution in [0.4, 0.5) is 5.69 Å². The third-order valence-corrected chi connectivity index (χ3v) is 6.65. The normalized spacial score (nSPS) is 17.7. The lowest BCUT2D eigenvalue weighted by molar-refractivity contribution is -0.121. The molecule has 6 nitrogen and oxygen atoms in total. The standard InChI is InChI=1S/C26H30N4O2/c1-4-11-29-23(15-30-22-13-17(2)12-18(3)25(22)32-16-24(30)31)27-28-26(29)21-10-9-19-7-5-6-8-20(19)14-21/h5-8,12-13,21H,4,9-11,14-16H2,1-3H3/t21-/m1/s1. The highest BCUT2D eigenvalue weighted by molar-refractivity contribution is 5.98. The van der Waals surface area contributed by atoms with Crippen LogP contribution in [0.15, 0.2) is 36.4 Å². The predicted molar refractivity (Wildman–Crippen MR) is 124 cm³/mol. The summed E-state index contributed by atoms with van der Waals surface area (Å²) in [4.78, 5) is 14.7. The highest BCUT2D eigenvalue weighted by atomic mass is 16.5. The second-order valence-corrected chi connectivity index (χ2v) is 9.03. The summed E-state index contributed by atoms with van der Waals surface area (Å²) in [6, 6.07) is 12.8. The number of anilines is 1. The minimum Gasteiger partial charge on any atom is -0.481 e.